The molecule has 0 aliphatic rings. The Bertz CT molecular complexity index is 1020. The van der Waals surface area contributed by atoms with Crippen LogP contribution in [0.1, 0.15) is 146 Å². The minimum atomic E-state index is 0.519. The predicted molar refractivity (Wildman–Crippen MR) is 173 cm³/mol. The van der Waals surface area contributed by atoms with Crippen LogP contribution in [0.15, 0.2) is 66.9 Å². The van der Waals surface area contributed by atoms with Gasteiger partial charge < -0.3 is 0 Å². The van der Waals surface area contributed by atoms with Crippen molar-refractivity contribution in [2.24, 2.45) is 0 Å². The molecule has 2 heteroatoms. The van der Waals surface area contributed by atoms with Crippen LogP contribution in [0.3, 0.4) is 0 Å². The summed E-state index contributed by atoms with van der Waals surface area (Å²) in [6.45, 7) is 9.14. The first-order chi connectivity index (χ1) is 19.7. The molecular weight excluding hydrogens is 484 g/mol. The van der Waals surface area contributed by atoms with Crippen molar-refractivity contribution >= 4 is 0 Å². The van der Waals surface area contributed by atoms with E-state index in [1.807, 2.05) is 0 Å². The van der Waals surface area contributed by atoms with Crippen molar-refractivity contribution in [2.75, 3.05) is 0 Å². The molecule has 0 saturated carbocycles. The Morgan fingerprint density at radius 2 is 1.12 bits per heavy atom. The Kier molecular flexibility index (Phi) is 15.8. The summed E-state index contributed by atoms with van der Waals surface area (Å²) < 4.78 is 5.18. The quantitative estimate of drug-likeness (QED) is 0.0880. The summed E-state index contributed by atoms with van der Waals surface area (Å²) in [7, 11) is 0. The van der Waals surface area contributed by atoms with E-state index in [0.717, 1.165) is 25.9 Å². The minimum Gasteiger partial charge on any atom is -0.234 e. The number of hydrogen-bond donors (Lipinski definition) is 0. The Balaban J connectivity index is 1.45. The van der Waals surface area contributed by atoms with Gasteiger partial charge >= 0.3 is 0 Å². The van der Waals surface area contributed by atoms with Crippen molar-refractivity contribution < 1.29 is 4.57 Å². The monoisotopic (exact) mass is 543 g/mol. The third kappa shape index (κ3) is 11.6. The topological polar surface area (TPSA) is 8.81 Å². The Morgan fingerprint density at radius 1 is 0.625 bits per heavy atom. The van der Waals surface area contributed by atoms with Gasteiger partial charge in [0.2, 0.25) is 0 Å². The Hall–Kier alpha value is -2.35. The standard InChI is InChI=1S/C38H59N2/c1-4-6-7-8-9-10-11-12-13-14-15-16-17-18-25-30-40-37(31-34(3)36-28-23-20-24-29-36)33-39(5-2)38(40)32-35-26-21-19-22-27-35/h19-24,26-29,33-34H,4-18,25,30-32H2,1-3H3/q+1. The highest BCUT2D eigenvalue weighted by Gasteiger charge is 2.24. The summed E-state index contributed by atoms with van der Waals surface area (Å²) in [6, 6.07) is 22.1. The van der Waals surface area contributed by atoms with Crippen molar-refractivity contribution in [3.8, 4) is 0 Å². The van der Waals surface area contributed by atoms with E-state index in [4.69, 9.17) is 0 Å². The highest BCUT2D eigenvalue weighted by Crippen LogP contribution is 2.22. The maximum absolute atomic E-state index is 2.68. The fraction of sp³-hybridized carbons (Fsp3) is 0.605. The van der Waals surface area contributed by atoms with E-state index in [0.29, 0.717) is 5.92 Å². The van der Waals surface area contributed by atoms with Gasteiger partial charge in [-0.05, 0) is 36.8 Å². The third-order valence-corrected chi connectivity index (χ3v) is 8.71. The van der Waals surface area contributed by atoms with E-state index in [9.17, 15) is 0 Å². The molecule has 1 heterocycles. The van der Waals surface area contributed by atoms with Gasteiger partial charge in [-0.15, -0.1) is 0 Å². The van der Waals surface area contributed by atoms with Gasteiger partial charge in [0.25, 0.3) is 5.82 Å². The van der Waals surface area contributed by atoms with Gasteiger partial charge in [0, 0.05) is 6.42 Å². The van der Waals surface area contributed by atoms with Crippen LogP contribution in [-0.2, 0) is 25.9 Å². The van der Waals surface area contributed by atoms with Gasteiger partial charge in [-0.1, -0.05) is 158 Å². The summed E-state index contributed by atoms with van der Waals surface area (Å²) in [5.74, 6) is 1.99. The lowest BCUT2D eigenvalue weighted by atomic mass is 9.96. The van der Waals surface area contributed by atoms with Crippen molar-refractivity contribution in [1.29, 1.82) is 0 Å². The van der Waals surface area contributed by atoms with Crippen LogP contribution in [0.4, 0.5) is 0 Å². The number of imidazole rings is 1. The number of hydrogen-bond acceptors (Lipinski definition) is 0. The summed E-state index contributed by atoms with van der Waals surface area (Å²) >= 11 is 0. The van der Waals surface area contributed by atoms with E-state index in [-0.39, 0.29) is 0 Å². The largest absolute Gasteiger partial charge is 0.261 e. The molecule has 0 spiro atoms. The van der Waals surface area contributed by atoms with Crippen molar-refractivity contribution in [1.82, 2.24) is 4.57 Å². The number of aryl methyl sites for hydroxylation is 1. The first kappa shape index (κ1) is 32.2. The van der Waals surface area contributed by atoms with Gasteiger partial charge in [-0.25, -0.2) is 9.13 Å². The number of nitrogens with zero attached hydrogens (tertiary/aromatic N) is 2. The van der Waals surface area contributed by atoms with Crippen LogP contribution >= 0.6 is 0 Å². The van der Waals surface area contributed by atoms with Gasteiger partial charge in [0.15, 0.2) is 0 Å². The summed E-state index contributed by atoms with van der Waals surface area (Å²) in [4.78, 5) is 0. The highest BCUT2D eigenvalue weighted by atomic mass is 15.2. The van der Waals surface area contributed by atoms with E-state index in [1.54, 1.807) is 0 Å². The second kappa shape index (κ2) is 19.7. The predicted octanol–water partition coefficient (Wildman–Crippen LogP) is 10.6. The molecule has 2 aromatic carbocycles. The molecule has 3 rings (SSSR count). The third-order valence-electron chi connectivity index (χ3n) is 8.71. The molecule has 1 unspecified atom stereocenters. The molecule has 1 atom stereocenters. The number of rotatable bonds is 22. The molecule has 0 N–H and O–H groups in total. The van der Waals surface area contributed by atoms with Crippen LogP contribution in [0.5, 0.6) is 0 Å². The van der Waals surface area contributed by atoms with Crippen molar-refractivity contribution in [2.45, 2.75) is 149 Å². The summed E-state index contributed by atoms with van der Waals surface area (Å²) in [5, 5.41) is 0. The molecule has 1 aromatic heterocycles. The van der Waals surface area contributed by atoms with Crippen molar-refractivity contribution in [3.05, 3.63) is 89.5 Å². The zero-order chi connectivity index (χ0) is 28.3. The number of unbranched alkanes of at least 4 members (excludes halogenated alkanes) is 14. The maximum atomic E-state index is 2.68. The van der Waals surface area contributed by atoms with Gasteiger partial charge in [-0.2, -0.15) is 0 Å². The fourth-order valence-corrected chi connectivity index (χ4v) is 6.18. The zero-order valence-corrected chi connectivity index (χ0v) is 26.3. The highest BCUT2D eigenvalue weighted by molar-refractivity contribution is 5.22. The van der Waals surface area contributed by atoms with Crippen molar-refractivity contribution in [3.63, 3.8) is 0 Å². The average Bonchev–Trinajstić information content (AvgIpc) is 3.31. The molecule has 0 radical (unpaired) electrons. The summed E-state index contributed by atoms with van der Waals surface area (Å²) in [6.07, 6.45) is 25.8. The molecule has 2 nitrogen and oxygen atoms in total. The van der Waals surface area contributed by atoms with E-state index < -0.39 is 0 Å². The lowest BCUT2D eigenvalue weighted by Crippen LogP contribution is -2.36. The second-order valence-corrected chi connectivity index (χ2v) is 12.1. The lowest BCUT2D eigenvalue weighted by Gasteiger charge is -2.12. The van der Waals surface area contributed by atoms with Gasteiger partial charge in [0.05, 0.1) is 19.5 Å². The molecule has 0 bridgehead atoms. The molecule has 0 aliphatic heterocycles. The van der Waals surface area contributed by atoms with Crippen LogP contribution in [0.2, 0.25) is 0 Å². The van der Waals surface area contributed by atoms with E-state index in [1.165, 1.54) is 119 Å². The molecular formula is C38H59N2+. The number of aromatic nitrogens is 2. The fourth-order valence-electron chi connectivity index (χ4n) is 6.18. The number of benzene rings is 2. The van der Waals surface area contributed by atoms with E-state index >= 15 is 0 Å². The molecule has 0 fully saturated rings. The minimum absolute atomic E-state index is 0.519. The van der Waals surface area contributed by atoms with E-state index in [2.05, 4.69) is 96.8 Å². The van der Waals surface area contributed by atoms with Crippen LogP contribution < -0.4 is 4.57 Å². The van der Waals surface area contributed by atoms with Crippen LogP contribution in [-0.4, -0.2) is 4.57 Å². The molecule has 0 amide bonds. The molecule has 0 aliphatic carbocycles. The smallest absolute Gasteiger partial charge is 0.234 e. The van der Waals surface area contributed by atoms with Gasteiger partial charge in [0.1, 0.15) is 11.9 Å². The van der Waals surface area contributed by atoms with Crippen LogP contribution in [0.25, 0.3) is 0 Å². The molecule has 0 saturated heterocycles. The zero-order valence-electron chi connectivity index (χ0n) is 26.3. The molecule has 220 valence electrons. The van der Waals surface area contributed by atoms with Crippen LogP contribution in [0, 0.1) is 0 Å². The normalized spacial score (nSPS) is 12.2. The summed E-state index contributed by atoms with van der Waals surface area (Å²) in [5.41, 5.74) is 4.34. The Morgan fingerprint density at radius 3 is 1.65 bits per heavy atom. The van der Waals surface area contributed by atoms with Gasteiger partial charge in [-0.3, -0.25) is 0 Å². The average molecular weight is 544 g/mol. The first-order valence-electron chi connectivity index (χ1n) is 16.9. The lowest BCUT2D eigenvalue weighted by molar-refractivity contribution is -0.700. The second-order valence-electron chi connectivity index (χ2n) is 12.1. The SMILES string of the molecule is CCCCCCCCCCCCCCCCCn1c(CC(C)c2ccccc2)c[n+](CC)c1Cc1ccccc1. The maximum Gasteiger partial charge on any atom is 0.261 e. The Labute approximate surface area is 247 Å². The molecule has 40 heavy (non-hydrogen) atoms. The first-order valence-corrected chi connectivity index (χ1v) is 16.9. The molecule has 3 aromatic rings.